The molecule has 1 aliphatic rings. The van der Waals surface area contributed by atoms with Crippen LogP contribution in [-0.4, -0.2) is 17.4 Å². The molecule has 1 amide bonds. The number of carbonyl (C=O) groups is 1. The van der Waals surface area contributed by atoms with Gasteiger partial charge in [-0.2, -0.15) is 0 Å². The quantitative estimate of drug-likeness (QED) is 0.707. The minimum atomic E-state index is 0.0138. The summed E-state index contributed by atoms with van der Waals surface area (Å²) in [5.74, 6) is 0.698. The van der Waals surface area contributed by atoms with Crippen LogP contribution < -0.4 is 9.64 Å². The number of rotatable bonds is 4. The van der Waals surface area contributed by atoms with E-state index in [2.05, 4.69) is 11.1 Å². The second-order valence-electron chi connectivity index (χ2n) is 6.01. The molecule has 0 atom stereocenters. The number of benzene rings is 2. The van der Waals surface area contributed by atoms with Crippen LogP contribution in [0.2, 0.25) is 0 Å². The lowest BCUT2D eigenvalue weighted by atomic mass is 10.1. The Morgan fingerprint density at radius 3 is 2.96 bits per heavy atom. The molecule has 0 aliphatic carbocycles. The fourth-order valence-corrected chi connectivity index (χ4v) is 3.65. The van der Waals surface area contributed by atoms with Crippen molar-refractivity contribution in [2.24, 2.45) is 0 Å². The van der Waals surface area contributed by atoms with Crippen molar-refractivity contribution in [3.63, 3.8) is 0 Å². The minimum absolute atomic E-state index is 0.0138. The van der Waals surface area contributed by atoms with Gasteiger partial charge in [-0.1, -0.05) is 24.3 Å². The van der Waals surface area contributed by atoms with E-state index in [-0.39, 0.29) is 5.91 Å². The third-order valence-corrected chi connectivity index (χ3v) is 5.09. The van der Waals surface area contributed by atoms with Crippen LogP contribution in [0.15, 0.2) is 53.9 Å². The maximum absolute atomic E-state index is 12.9. The van der Waals surface area contributed by atoms with Gasteiger partial charge in [0.2, 0.25) is 0 Å². The largest absolute Gasteiger partial charge is 0.487 e. The van der Waals surface area contributed by atoms with E-state index in [1.54, 1.807) is 11.3 Å². The molecule has 1 aromatic heterocycles. The van der Waals surface area contributed by atoms with Gasteiger partial charge < -0.3 is 9.64 Å². The maximum atomic E-state index is 12.9. The second-order valence-corrected chi connectivity index (χ2v) is 7.07. The van der Waals surface area contributed by atoms with E-state index in [0.29, 0.717) is 17.9 Å². The zero-order chi connectivity index (χ0) is 17.2. The lowest BCUT2D eigenvalue weighted by molar-refractivity contribution is 0.0989. The average molecular weight is 350 g/mol. The molecule has 2 heterocycles. The van der Waals surface area contributed by atoms with Crippen molar-refractivity contribution in [1.82, 2.24) is 4.98 Å². The lowest BCUT2D eigenvalue weighted by Crippen LogP contribution is -2.28. The van der Waals surface area contributed by atoms with Crippen molar-refractivity contribution in [1.29, 1.82) is 0 Å². The van der Waals surface area contributed by atoms with Gasteiger partial charge in [-0.3, -0.25) is 4.79 Å². The number of amides is 1. The molecule has 0 saturated carbocycles. The van der Waals surface area contributed by atoms with Crippen LogP contribution in [0, 0.1) is 6.92 Å². The number of thiazole rings is 1. The molecule has 0 unspecified atom stereocenters. The predicted octanol–water partition coefficient (Wildman–Crippen LogP) is 4.23. The number of fused-ring (bicyclic) bond motifs is 1. The Labute approximate surface area is 150 Å². The molecule has 1 aliphatic heterocycles. The van der Waals surface area contributed by atoms with E-state index in [0.717, 1.165) is 29.4 Å². The number of aryl methyl sites for hydroxylation is 1. The molecule has 0 N–H and O–H groups in total. The number of ether oxygens (including phenoxy) is 1. The SMILES string of the molecule is Cc1nc(COc2cccc(C(=O)N3CCc4ccccc43)c2)cs1. The molecule has 0 spiro atoms. The third kappa shape index (κ3) is 3.28. The molecule has 3 aromatic rings. The number of aromatic nitrogens is 1. The summed E-state index contributed by atoms with van der Waals surface area (Å²) < 4.78 is 5.80. The summed E-state index contributed by atoms with van der Waals surface area (Å²) in [6, 6.07) is 15.4. The molecule has 5 heteroatoms. The Morgan fingerprint density at radius 1 is 1.24 bits per heavy atom. The molecule has 25 heavy (non-hydrogen) atoms. The van der Waals surface area contributed by atoms with Crippen LogP contribution in [0.1, 0.15) is 26.6 Å². The normalized spacial score (nSPS) is 12.9. The molecule has 0 radical (unpaired) electrons. The van der Waals surface area contributed by atoms with E-state index in [1.165, 1.54) is 5.56 Å². The van der Waals surface area contributed by atoms with E-state index >= 15 is 0 Å². The minimum Gasteiger partial charge on any atom is -0.487 e. The third-order valence-electron chi connectivity index (χ3n) is 4.27. The first-order chi connectivity index (χ1) is 12.2. The van der Waals surface area contributed by atoms with Gasteiger partial charge in [-0.25, -0.2) is 4.98 Å². The molecule has 126 valence electrons. The molecule has 2 aromatic carbocycles. The molecule has 4 nitrogen and oxygen atoms in total. The number of hydrogen-bond acceptors (Lipinski definition) is 4. The number of nitrogens with zero attached hydrogens (tertiary/aromatic N) is 2. The summed E-state index contributed by atoms with van der Waals surface area (Å²) in [4.78, 5) is 19.1. The van der Waals surface area contributed by atoms with Gasteiger partial charge in [0.1, 0.15) is 12.4 Å². The molecular formula is C20H18N2O2S. The Hall–Kier alpha value is -2.66. The van der Waals surface area contributed by atoms with E-state index < -0.39 is 0 Å². The van der Waals surface area contributed by atoms with Gasteiger partial charge in [0.25, 0.3) is 5.91 Å². The molecule has 4 rings (SSSR count). The summed E-state index contributed by atoms with van der Waals surface area (Å²) in [6.45, 7) is 3.11. The van der Waals surface area contributed by atoms with Gasteiger partial charge in [-0.15, -0.1) is 11.3 Å². The van der Waals surface area contributed by atoms with E-state index in [9.17, 15) is 4.79 Å². The summed E-state index contributed by atoms with van der Waals surface area (Å²) >= 11 is 1.61. The Balaban J connectivity index is 1.50. The summed E-state index contributed by atoms with van der Waals surface area (Å²) in [5, 5.41) is 3.01. The Bertz CT molecular complexity index is 919. The molecule has 0 saturated heterocycles. The fourth-order valence-electron chi connectivity index (χ4n) is 3.06. The van der Waals surface area contributed by atoms with E-state index in [1.807, 2.05) is 59.7 Å². The van der Waals surface area contributed by atoms with Crippen LogP contribution in [0.5, 0.6) is 5.75 Å². The highest BCUT2D eigenvalue weighted by molar-refractivity contribution is 7.09. The van der Waals surface area contributed by atoms with Gasteiger partial charge in [-0.05, 0) is 43.2 Å². The highest BCUT2D eigenvalue weighted by Crippen LogP contribution is 2.29. The fraction of sp³-hybridized carbons (Fsp3) is 0.200. The highest BCUT2D eigenvalue weighted by atomic mass is 32.1. The van der Waals surface area contributed by atoms with Gasteiger partial charge in [0, 0.05) is 23.2 Å². The topological polar surface area (TPSA) is 42.4 Å². The van der Waals surface area contributed by atoms with E-state index in [4.69, 9.17) is 4.74 Å². The monoisotopic (exact) mass is 350 g/mol. The van der Waals surface area contributed by atoms with Crippen molar-refractivity contribution >= 4 is 22.9 Å². The van der Waals surface area contributed by atoms with Crippen molar-refractivity contribution in [2.75, 3.05) is 11.4 Å². The molecule has 0 bridgehead atoms. The van der Waals surface area contributed by atoms with Gasteiger partial charge in [0.15, 0.2) is 0 Å². The summed E-state index contributed by atoms with van der Waals surface area (Å²) in [6.07, 6.45) is 0.904. The van der Waals surface area contributed by atoms with Crippen LogP contribution >= 0.6 is 11.3 Å². The van der Waals surface area contributed by atoms with Crippen LogP contribution in [0.25, 0.3) is 0 Å². The summed E-state index contributed by atoms with van der Waals surface area (Å²) in [5.41, 5.74) is 3.79. The first kappa shape index (κ1) is 15.8. The van der Waals surface area contributed by atoms with Crippen molar-refractivity contribution in [3.05, 3.63) is 75.7 Å². The highest BCUT2D eigenvalue weighted by Gasteiger charge is 2.25. The smallest absolute Gasteiger partial charge is 0.258 e. The average Bonchev–Trinajstić information content (AvgIpc) is 3.26. The Kier molecular flexibility index (Phi) is 4.24. The maximum Gasteiger partial charge on any atom is 0.258 e. The van der Waals surface area contributed by atoms with Crippen LogP contribution in [0.3, 0.4) is 0 Å². The Morgan fingerprint density at radius 2 is 2.12 bits per heavy atom. The first-order valence-corrected chi connectivity index (χ1v) is 9.12. The lowest BCUT2D eigenvalue weighted by Gasteiger charge is -2.17. The van der Waals surface area contributed by atoms with Crippen molar-refractivity contribution in [3.8, 4) is 5.75 Å². The number of anilines is 1. The molecular weight excluding hydrogens is 332 g/mol. The van der Waals surface area contributed by atoms with Gasteiger partial charge in [0.05, 0.1) is 10.7 Å². The van der Waals surface area contributed by atoms with Crippen LogP contribution in [0.4, 0.5) is 5.69 Å². The predicted molar refractivity (Wildman–Crippen MR) is 99.4 cm³/mol. The van der Waals surface area contributed by atoms with Gasteiger partial charge >= 0.3 is 0 Å². The zero-order valence-corrected chi connectivity index (χ0v) is 14.8. The number of para-hydroxylation sites is 1. The standard InChI is InChI=1S/C20H18N2O2S/c1-14-21-17(13-25-14)12-24-18-7-4-6-16(11-18)20(23)22-10-9-15-5-2-3-8-19(15)22/h2-8,11,13H,9-10,12H2,1H3. The summed E-state index contributed by atoms with van der Waals surface area (Å²) in [7, 11) is 0. The van der Waals surface area contributed by atoms with Crippen molar-refractivity contribution < 1.29 is 9.53 Å². The molecule has 0 fully saturated rings. The van der Waals surface area contributed by atoms with Crippen molar-refractivity contribution in [2.45, 2.75) is 20.0 Å². The van der Waals surface area contributed by atoms with Crippen LogP contribution in [-0.2, 0) is 13.0 Å². The number of hydrogen-bond donors (Lipinski definition) is 0. The zero-order valence-electron chi connectivity index (χ0n) is 13.9. The number of carbonyl (C=O) groups excluding carboxylic acids is 1. The second kappa shape index (κ2) is 6.69. The first-order valence-electron chi connectivity index (χ1n) is 8.24.